The number of amides is 1. The van der Waals surface area contributed by atoms with Crippen molar-refractivity contribution in [2.24, 2.45) is 5.73 Å². The van der Waals surface area contributed by atoms with Crippen molar-refractivity contribution < 1.29 is 9.53 Å². The molecule has 6 heteroatoms. The van der Waals surface area contributed by atoms with Crippen molar-refractivity contribution >= 4 is 18.3 Å². The molecule has 0 aromatic heterocycles. The molecule has 19 heavy (non-hydrogen) atoms. The number of hydrogen-bond donors (Lipinski definition) is 1. The van der Waals surface area contributed by atoms with Crippen LogP contribution in [-0.4, -0.2) is 67.2 Å². The molecule has 2 unspecified atom stereocenters. The van der Waals surface area contributed by atoms with E-state index in [9.17, 15) is 4.79 Å². The maximum atomic E-state index is 12.3. The lowest BCUT2D eigenvalue weighted by Gasteiger charge is -2.37. The summed E-state index contributed by atoms with van der Waals surface area (Å²) in [7, 11) is 0. The Morgan fingerprint density at radius 3 is 2.84 bits per heavy atom. The quantitative estimate of drug-likeness (QED) is 0.821. The molecule has 2 heterocycles. The molecular formula is C13H26ClN3O2. The fourth-order valence-electron chi connectivity index (χ4n) is 2.82. The molecule has 2 N–H and O–H groups in total. The van der Waals surface area contributed by atoms with E-state index in [0.717, 1.165) is 32.5 Å². The van der Waals surface area contributed by atoms with Crippen molar-refractivity contribution in [3.8, 4) is 0 Å². The van der Waals surface area contributed by atoms with Gasteiger partial charge in [0, 0.05) is 32.2 Å². The number of piperidine rings is 1. The highest BCUT2D eigenvalue weighted by Gasteiger charge is 2.26. The predicted octanol–water partition coefficient (Wildman–Crippen LogP) is 0.469. The van der Waals surface area contributed by atoms with E-state index in [1.54, 1.807) is 0 Å². The van der Waals surface area contributed by atoms with Crippen LogP contribution in [0.1, 0.15) is 26.2 Å². The van der Waals surface area contributed by atoms with Gasteiger partial charge in [0.1, 0.15) is 0 Å². The SMILES string of the molecule is CC1CCCCN1C(=O)CN1CCOC(CN)C1.Cl. The number of carbonyl (C=O) groups excluding carboxylic acids is 1. The van der Waals surface area contributed by atoms with Crippen LogP contribution < -0.4 is 5.73 Å². The zero-order chi connectivity index (χ0) is 13.0. The normalized spacial score (nSPS) is 28.8. The van der Waals surface area contributed by atoms with Gasteiger partial charge in [-0.2, -0.15) is 0 Å². The minimum atomic E-state index is 0. The van der Waals surface area contributed by atoms with Gasteiger partial charge in [-0.3, -0.25) is 9.69 Å². The minimum Gasteiger partial charge on any atom is -0.374 e. The van der Waals surface area contributed by atoms with E-state index in [1.807, 2.05) is 4.90 Å². The number of morpholine rings is 1. The third-order valence-corrected chi connectivity index (χ3v) is 3.97. The maximum absolute atomic E-state index is 12.3. The number of likely N-dealkylation sites (tertiary alicyclic amines) is 1. The summed E-state index contributed by atoms with van der Waals surface area (Å²) in [4.78, 5) is 16.5. The smallest absolute Gasteiger partial charge is 0.236 e. The van der Waals surface area contributed by atoms with Crippen molar-refractivity contribution in [3.63, 3.8) is 0 Å². The maximum Gasteiger partial charge on any atom is 0.236 e. The Morgan fingerprint density at radius 1 is 1.37 bits per heavy atom. The first-order valence-electron chi connectivity index (χ1n) is 7.04. The number of halogens is 1. The molecule has 2 atom stereocenters. The summed E-state index contributed by atoms with van der Waals surface area (Å²) in [5.41, 5.74) is 5.61. The van der Waals surface area contributed by atoms with Crippen LogP contribution in [-0.2, 0) is 9.53 Å². The number of nitrogens with zero attached hydrogens (tertiary/aromatic N) is 2. The second-order valence-electron chi connectivity index (χ2n) is 5.40. The monoisotopic (exact) mass is 291 g/mol. The molecule has 0 aromatic carbocycles. The molecule has 0 aliphatic carbocycles. The number of ether oxygens (including phenoxy) is 1. The lowest BCUT2D eigenvalue weighted by atomic mass is 10.0. The van der Waals surface area contributed by atoms with Crippen LogP contribution in [0.5, 0.6) is 0 Å². The average Bonchev–Trinajstić information content (AvgIpc) is 2.39. The van der Waals surface area contributed by atoms with Crippen LogP contribution in [0.25, 0.3) is 0 Å². The standard InChI is InChI=1S/C13H25N3O2.ClH/c1-11-4-2-3-5-16(11)13(17)10-15-6-7-18-12(8-14)9-15;/h11-12H,2-10,14H2,1H3;1H. The van der Waals surface area contributed by atoms with E-state index in [1.165, 1.54) is 6.42 Å². The lowest BCUT2D eigenvalue weighted by Crippen LogP contribution is -2.51. The van der Waals surface area contributed by atoms with Crippen LogP contribution in [0.2, 0.25) is 0 Å². The molecule has 0 bridgehead atoms. The molecule has 2 fully saturated rings. The van der Waals surface area contributed by atoms with Gasteiger partial charge in [-0.05, 0) is 26.2 Å². The molecule has 2 aliphatic heterocycles. The topological polar surface area (TPSA) is 58.8 Å². The molecule has 2 saturated heterocycles. The van der Waals surface area contributed by atoms with Gasteiger partial charge in [0.15, 0.2) is 0 Å². The van der Waals surface area contributed by atoms with Crippen molar-refractivity contribution in [1.29, 1.82) is 0 Å². The number of nitrogens with two attached hydrogens (primary N) is 1. The van der Waals surface area contributed by atoms with Gasteiger partial charge in [-0.1, -0.05) is 0 Å². The minimum absolute atomic E-state index is 0. The lowest BCUT2D eigenvalue weighted by molar-refractivity contribution is -0.137. The number of rotatable bonds is 3. The highest BCUT2D eigenvalue weighted by molar-refractivity contribution is 5.85. The Morgan fingerprint density at radius 2 is 2.16 bits per heavy atom. The zero-order valence-electron chi connectivity index (χ0n) is 11.7. The predicted molar refractivity (Wildman–Crippen MR) is 77.5 cm³/mol. The Bertz CT molecular complexity index is 291. The zero-order valence-corrected chi connectivity index (χ0v) is 12.5. The highest BCUT2D eigenvalue weighted by atomic mass is 35.5. The molecule has 0 radical (unpaired) electrons. The molecule has 2 rings (SSSR count). The first kappa shape index (κ1) is 16.7. The summed E-state index contributed by atoms with van der Waals surface area (Å²) in [5, 5.41) is 0. The summed E-state index contributed by atoms with van der Waals surface area (Å²) in [5.74, 6) is 0.264. The van der Waals surface area contributed by atoms with Gasteiger partial charge in [-0.25, -0.2) is 0 Å². The van der Waals surface area contributed by atoms with Crippen molar-refractivity contribution in [3.05, 3.63) is 0 Å². The fourth-order valence-corrected chi connectivity index (χ4v) is 2.82. The number of hydrogen-bond acceptors (Lipinski definition) is 4. The second-order valence-corrected chi connectivity index (χ2v) is 5.40. The number of carbonyl (C=O) groups is 1. The Balaban J connectivity index is 0.00000180. The van der Waals surface area contributed by atoms with Gasteiger partial charge >= 0.3 is 0 Å². The molecular weight excluding hydrogens is 266 g/mol. The molecule has 1 amide bonds. The third-order valence-electron chi connectivity index (χ3n) is 3.97. The molecule has 5 nitrogen and oxygen atoms in total. The Labute approximate surface area is 121 Å². The van der Waals surface area contributed by atoms with Crippen LogP contribution in [0.15, 0.2) is 0 Å². The van der Waals surface area contributed by atoms with Crippen LogP contribution >= 0.6 is 12.4 Å². The first-order valence-corrected chi connectivity index (χ1v) is 7.04. The van der Waals surface area contributed by atoms with E-state index >= 15 is 0 Å². The first-order chi connectivity index (χ1) is 8.70. The van der Waals surface area contributed by atoms with E-state index in [-0.39, 0.29) is 24.4 Å². The van der Waals surface area contributed by atoms with E-state index in [0.29, 0.717) is 25.7 Å². The third kappa shape index (κ3) is 4.60. The van der Waals surface area contributed by atoms with E-state index in [4.69, 9.17) is 10.5 Å². The highest BCUT2D eigenvalue weighted by Crippen LogP contribution is 2.17. The summed E-state index contributed by atoms with van der Waals surface area (Å²) < 4.78 is 5.51. The van der Waals surface area contributed by atoms with Crippen molar-refractivity contribution in [2.75, 3.05) is 39.3 Å². The summed E-state index contributed by atoms with van der Waals surface area (Å²) in [6.45, 7) is 6.43. The Hall–Kier alpha value is -0.360. The van der Waals surface area contributed by atoms with Gasteiger partial charge in [-0.15, -0.1) is 12.4 Å². The molecule has 112 valence electrons. The van der Waals surface area contributed by atoms with Crippen LogP contribution in [0, 0.1) is 0 Å². The van der Waals surface area contributed by atoms with Crippen molar-refractivity contribution in [1.82, 2.24) is 9.80 Å². The fraction of sp³-hybridized carbons (Fsp3) is 0.923. The molecule has 0 spiro atoms. The van der Waals surface area contributed by atoms with E-state index < -0.39 is 0 Å². The van der Waals surface area contributed by atoms with Crippen LogP contribution in [0.4, 0.5) is 0 Å². The van der Waals surface area contributed by atoms with E-state index in [2.05, 4.69) is 11.8 Å². The van der Waals surface area contributed by atoms with Gasteiger partial charge in [0.2, 0.25) is 5.91 Å². The summed E-state index contributed by atoms with van der Waals surface area (Å²) in [6.07, 6.45) is 3.62. The Kier molecular flexibility index (Phi) is 7.07. The second kappa shape index (κ2) is 8.04. The molecule has 0 aromatic rings. The molecule has 0 saturated carbocycles. The largest absolute Gasteiger partial charge is 0.374 e. The van der Waals surface area contributed by atoms with Gasteiger partial charge in [0.05, 0.1) is 19.3 Å². The van der Waals surface area contributed by atoms with Gasteiger partial charge < -0.3 is 15.4 Å². The van der Waals surface area contributed by atoms with Crippen LogP contribution in [0.3, 0.4) is 0 Å². The van der Waals surface area contributed by atoms with Gasteiger partial charge in [0.25, 0.3) is 0 Å². The summed E-state index contributed by atoms with van der Waals surface area (Å²) >= 11 is 0. The van der Waals surface area contributed by atoms with Crippen molar-refractivity contribution in [2.45, 2.75) is 38.3 Å². The molecule has 2 aliphatic rings. The average molecular weight is 292 g/mol. The summed E-state index contributed by atoms with van der Waals surface area (Å²) in [6, 6.07) is 0.401.